The van der Waals surface area contributed by atoms with E-state index in [1.54, 1.807) is 12.4 Å². The standard InChI is InChI=1S/C11H15BrN2O/c1-11(2,3)10(15)9(12)4-8-5-13-7-14-6-8/h5-7,9H,4H2,1-3H3. The highest BCUT2D eigenvalue weighted by Gasteiger charge is 2.27. The molecule has 1 aromatic heterocycles. The van der Waals surface area contributed by atoms with Crippen molar-refractivity contribution >= 4 is 21.7 Å². The second-order valence-corrected chi connectivity index (χ2v) is 5.64. The van der Waals surface area contributed by atoms with E-state index in [4.69, 9.17) is 0 Å². The van der Waals surface area contributed by atoms with Crippen LogP contribution in [0.4, 0.5) is 0 Å². The van der Waals surface area contributed by atoms with E-state index in [1.807, 2.05) is 20.8 Å². The van der Waals surface area contributed by atoms with E-state index in [2.05, 4.69) is 25.9 Å². The molecule has 0 fully saturated rings. The number of nitrogens with zero attached hydrogens (tertiary/aromatic N) is 2. The average Bonchev–Trinajstić information content (AvgIpc) is 2.16. The van der Waals surface area contributed by atoms with Gasteiger partial charge in [0.25, 0.3) is 0 Å². The summed E-state index contributed by atoms with van der Waals surface area (Å²) >= 11 is 3.41. The SMILES string of the molecule is CC(C)(C)C(=O)C(Br)Cc1cncnc1. The predicted octanol–water partition coefficient (Wildman–Crippen LogP) is 2.40. The molecule has 1 atom stereocenters. The van der Waals surface area contributed by atoms with Crippen LogP contribution in [0, 0.1) is 5.41 Å². The third kappa shape index (κ3) is 3.70. The Bertz CT molecular complexity index is 332. The van der Waals surface area contributed by atoms with E-state index < -0.39 is 0 Å². The highest BCUT2D eigenvalue weighted by molar-refractivity contribution is 9.10. The van der Waals surface area contributed by atoms with Crippen LogP contribution in [-0.2, 0) is 11.2 Å². The van der Waals surface area contributed by atoms with Gasteiger partial charge in [0.05, 0.1) is 4.83 Å². The summed E-state index contributed by atoms with van der Waals surface area (Å²) in [5, 5.41) is 0. The smallest absolute Gasteiger partial charge is 0.152 e. The van der Waals surface area contributed by atoms with Gasteiger partial charge in [0.2, 0.25) is 0 Å². The van der Waals surface area contributed by atoms with Gasteiger partial charge in [-0.1, -0.05) is 36.7 Å². The molecule has 15 heavy (non-hydrogen) atoms. The minimum Gasteiger partial charge on any atom is -0.298 e. The Hall–Kier alpha value is -0.770. The van der Waals surface area contributed by atoms with Crippen LogP contribution in [0.15, 0.2) is 18.7 Å². The lowest BCUT2D eigenvalue weighted by Gasteiger charge is -2.20. The van der Waals surface area contributed by atoms with Gasteiger partial charge >= 0.3 is 0 Å². The Morgan fingerprint density at radius 3 is 2.40 bits per heavy atom. The van der Waals surface area contributed by atoms with E-state index in [9.17, 15) is 4.79 Å². The van der Waals surface area contributed by atoms with Gasteiger partial charge in [-0.2, -0.15) is 0 Å². The van der Waals surface area contributed by atoms with Crippen LogP contribution < -0.4 is 0 Å². The highest BCUT2D eigenvalue weighted by atomic mass is 79.9. The lowest BCUT2D eigenvalue weighted by atomic mass is 9.87. The molecule has 1 heterocycles. The van der Waals surface area contributed by atoms with Gasteiger partial charge in [-0.25, -0.2) is 9.97 Å². The number of hydrogen-bond donors (Lipinski definition) is 0. The summed E-state index contributed by atoms with van der Waals surface area (Å²) in [5.74, 6) is 0.200. The molecular weight excluding hydrogens is 256 g/mol. The molecule has 0 saturated carbocycles. The molecule has 0 bridgehead atoms. The molecule has 0 N–H and O–H groups in total. The van der Waals surface area contributed by atoms with Gasteiger partial charge in [0.1, 0.15) is 6.33 Å². The summed E-state index contributed by atoms with van der Waals surface area (Å²) < 4.78 is 0. The Labute approximate surface area is 98.5 Å². The zero-order valence-corrected chi connectivity index (χ0v) is 10.8. The third-order valence-corrected chi connectivity index (χ3v) is 2.79. The van der Waals surface area contributed by atoms with Crippen molar-refractivity contribution < 1.29 is 4.79 Å². The zero-order valence-electron chi connectivity index (χ0n) is 9.20. The van der Waals surface area contributed by atoms with Crippen LogP contribution in [0.3, 0.4) is 0 Å². The van der Waals surface area contributed by atoms with Crippen molar-refractivity contribution in [3.05, 3.63) is 24.3 Å². The fourth-order valence-corrected chi connectivity index (χ4v) is 2.27. The first-order valence-corrected chi connectivity index (χ1v) is 5.75. The quantitative estimate of drug-likeness (QED) is 0.793. The number of carbonyl (C=O) groups is 1. The number of halogens is 1. The summed E-state index contributed by atoms with van der Waals surface area (Å²) in [7, 11) is 0. The molecular formula is C11H15BrN2O. The average molecular weight is 271 g/mol. The molecule has 4 heteroatoms. The van der Waals surface area contributed by atoms with Crippen LogP contribution in [-0.4, -0.2) is 20.6 Å². The number of rotatable bonds is 3. The minimum atomic E-state index is -0.316. The first kappa shape index (κ1) is 12.3. The Balaban J connectivity index is 2.65. The maximum atomic E-state index is 11.9. The largest absolute Gasteiger partial charge is 0.298 e. The number of ketones is 1. The third-order valence-electron chi connectivity index (χ3n) is 2.05. The maximum absolute atomic E-state index is 11.9. The van der Waals surface area contributed by atoms with Crippen molar-refractivity contribution in [1.82, 2.24) is 9.97 Å². The zero-order chi connectivity index (χ0) is 11.5. The molecule has 0 aromatic carbocycles. The van der Waals surface area contributed by atoms with E-state index >= 15 is 0 Å². The number of carbonyl (C=O) groups excluding carboxylic acids is 1. The van der Waals surface area contributed by atoms with Crippen LogP contribution in [0.25, 0.3) is 0 Å². The fourth-order valence-electron chi connectivity index (χ4n) is 1.20. The summed E-state index contributed by atoms with van der Waals surface area (Å²) in [5.41, 5.74) is 0.654. The predicted molar refractivity (Wildman–Crippen MR) is 62.9 cm³/mol. The lowest BCUT2D eigenvalue weighted by Crippen LogP contribution is -2.30. The first-order chi connectivity index (χ1) is 6.91. The fraction of sp³-hybridized carbons (Fsp3) is 0.545. The van der Waals surface area contributed by atoms with E-state index in [0.29, 0.717) is 6.42 Å². The van der Waals surface area contributed by atoms with Gasteiger partial charge in [-0.05, 0) is 12.0 Å². The normalized spacial score (nSPS) is 13.6. The molecule has 0 aliphatic rings. The van der Waals surface area contributed by atoms with E-state index in [-0.39, 0.29) is 16.0 Å². The minimum absolute atomic E-state index is 0.163. The van der Waals surface area contributed by atoms with Crippen LogP contribution in [0.5, 0.6) is 0 Å². The van der Waals surface area contributed by atoms with Crippen molar-refractivity contribution in [3.8, 4) is 0 Å². The summed E-state index contributed by atoms with van der Waals surface area (Å²) in [6.45, 7) is 5.77. The molecule has 82 valence electrons. The molecule has 3 nitrogen and oxygen atoms in total. The Morgan fingerprint density at radius 2 is 1.93 bits per heavy atom. The first-order valence-electron chi connectivity index (χ1n) is 4.83. The molecule has 0 aliphatic heterocycles. The van der Waals surface area contributed by atoms with Crippen molar-refractivity contribution in [1.29, 1.82) is 0 Å². The van der Waals surface area contributed by atoms with E-state index in [1.165, 1.54) is 6.33 Å². The second-order valence-electron chi connectivity index (χ2n) is 4.53. The highest BCUT2D eigenvalue weighted by Crippen LogP contribution is 2.22. The number of Topliss-reactive ketones (excluding diaryl/α,β-unsaturated/α-hetero) is 1. The van der Waals surface area contributed by atoms with Crippen LogP contribution in [0.2, 0.25) is 0 Å². The molecule has 1 unspecified atom stereocenters. The molecule has 0 aliphatic carbocycles. The molecule has 1 aromatic rings. The monoisotopic (exact) mass is 270 g/mol. The van der Waals surface area contributed by atoms with Gasteiger partial charge in [0, 0.05) is 17.8 Å². The maximum Gasteiger partial charge on any atom is 0.152 e. The van der Waals surface area contributed by atoms with Gasteiger partial charge in [-0.3, -0.25) is 4.79 Å². The van der Waals surface area contributed by atoms with Gasteiger partial charge in [-0.15, -0.1) is 0 Å². The van der Waals surface area contributed by atoms with Crippen molar-refractivity contribution in [2.45, 2.75) is 32.0 Å². The van der Waals surface area contributed by atoms with Crippen molar-refractivity contribution in [2.24, 2.45) is 5.41 Å². The summed E-state index contributed by atoms with van der Waals surface area (Å²) in [4.78, 5) is 19.5. The van der Waals surface area contributed by atoms with Gasteiger partial charge < -0.3 is 0 Å². The summed E-state index contributed by atoms with van der Waals surface area (Å²) in [6.07, 6.45) is 5.59. The Morgan fingerprint density at radius 1 is 1.40 bits per heavy atom. The summed E-state index contributed by atoms with van der Waals surface area (Å²) in [6, 6.07) is 0. The van der Waals surface area contributed by atoms with Crippen molar-refractivity contribution in [3.63, 3.8) is 0 Å². The topological polar surface area (TPSA) is 42.9 Å². The number of aromatic nitrogens is 2. The van der Waals surface area contributed by atoms with Gasteiger partial charge in [0.15, 0.2) is 5.78 Å². The molecule has 1 rings (SSSR count). The van der Waals surface area contributed by atoms with E-state index in [0.717, 1.165) is 5.56 Å². The molecule has 0 saturated heterocycles. The molecule has 0 amide bonds. The number of hydrogen-bond acceptors (Lipinski definition) is 3. The molecule has 0 spiro atoms. The lowest BCUT2D eigenvalue weighted by molar-refractivity contribution is -0.125. The van der Waals surface area contributed by atoms with Crippen molar-refractivity contribution in [2.75, 3.05) is 0 Å². The Kier molecular flexibility index (Phi) is 3.97. The molecule has 0 radical (unpaired) electrons. The van der Waals surface area contributed by atoms with Crippen LogP contribution in [0.1, 0.15) is 26.3 Å². The number of alkyl halides is 1. The second kappa shape index (κ2) is 4.84. The van der Waals surface area contributed by atoms with Crippen LogP contribution >= 0.6 is 15.9 Å².